The fraction of sp³-hybridized carbons (Fsp3) is 0.333. The number of hydrogen-bond donors (Lipinski definition) is 0. The molecule has 5 nitrogen and oxygen atoms in total. The molecule has 0 bridgehead atoms. The van der Waals surface area contributed by atoms with Gasteiger partial charge in [0.25, 0.3) is 11.1 Å². The molecule has 158 valence electrons. The van der Waals surface area contributed by atoms with E-state index >= 15 is 0 Å². The summed E-state index contributed by atoms with van der Waals surface area (Å²) in [4.78, 5) is 26.9. The number of imide groups is 1. The maximum atomic E-state index is 12.8. The fourth-order valence-electron chi connectivity index (χ4n) is 3.04. The van der Waals surface area contributed by atoms with Gasteiger partial charge in [0.2, 0.25) is 0 Å². The molecule has 0 aromatic heterocycles. The Morgan fingerprint density at radius 1 is 1.07 bits per heavy atom. The van der Waals surface area contributed by atoms with Gasteiger partial charge in [-0.1, -0.05) is 49.7 Å². The monoisotopic (exact) mass is 425 g/mol. The first-order chi connectivity index (χ1) is 14.4. The minimum Gasteiger partial charge on any atom is -0.490 e. The molecule has 0 aliphatic carbocycles. The summed E-state index contributed by atoms with van der Waals surface area (Å²) in [5.41, 5.74) is 2.82. The molecule has 2 amide bonds. The SMILES string of the molecule is CCOc1cc(/C=C2\SC(=O)N(Cc3cccc(C)c3)C2=O)ccc1OCC(C)C. The van der Waals surface area contributed by atoms with Gasteiger partial charge in [0, 0.05) is 0 Å². The zero-order chi connectivity index (χ0) is 21.7. The highest BCUT2D eigenvalue weighted by Crippen LogP contribution is 2.35. The minimum absolute atomic E-state index is 0.255. The number of benzene rings is 2. The molecule has 0 atom stereocenters. The molecule has 0 saturated carbocycles. The first-order valence-electron chi connectivity index (χ1n) is 10.1. The molecule has 1 aliphatic heterocycles. The number of rotatable bonds is 8. The Hall–Kier alpha value is -2.73. The maximum absolute atomic E-state index is 12.8. The summed E-state index contributed by atoms with van der Waals surface area (Å²) in [7, 11) is 0. The van der Waals surface area contributed by atoms with Gasteiger partial charge in [-0.3, -0.25) is 14.5 Å². The van der Waals surface area contributed by atoms with E-state index in [1.54, 1.807) is 6.08 Å². The molecule has 6 heteroatoms. The summed E-state index contributed by atoms with van der Waals surface area (Å²) in [6, 6.07) is 13.4. The van der Waals surface area contributed by atoms with E-state index < -0.39 is 0 Å². The molecular formula is C24H27NO4S. The van der Waals surface area contributed by atoms with Crippen molar-refractivity contribution in [1.29, 1.82) is 0 Å². The van der Waals surface area contributed by atoms with Crippen LogP contribution in [0, 0.1) is 12.8 Å². The van der Waals surface area contributed by atoms with Gasteiger partial charge in [0.1, 0.15) is 0 Å². The Morgan fingerprint density at radius 3 is 2.57 bits per heavy atom. The van der Waals surface area contributed by atoms with Crippen molar-refractivity contribution in [3.05, 3.63) is 64.1 Å². The summed E-state index contributed by atoms with van der Waals surface area (Å²) in [6.07, 6.45) is 1.73. The molecule has 2 aromatic rings. The van der Waals surface area contributed by atoms with Crippen LogP contribution in [-0.4, -0.2) is 29.3 Å². The van der Waals surface area contributed by atoms with E-state index in [9.17, 15) is 9.59 Å². The minimum atomic E-state index is -0.274. The molecule has 30 heavy (non-hydrogen) atoms. The van der Waals surface area contributed by atoms with Crippen molar-refractivity contribution in [2.75, 3.05) is 13.2 Å². The predicted octanol–water partition coefficient (Wildman–Crippen LogP) is 5.67. The Morgan fingerprint density at radius 2 is 1.87 bits per heavy atom. The average Bonchev–Trinajstić information content (AvgIpc) is 2.95. The lowest BCUT2D eigenvalue weighted by molar-refractivity contribution is -0.123. The number of amides is 2. The molecule has 1 aliphatic rings. The predicted molar refractivity (Wildman–Crippen MR) is 121 cm³/mol. The molecule has 2 aromatic carbocycles. The zero-order valence-corrected chi connectivity index (χ0v) is 18.6. The van der Waals surface area contributed by atoms with Crippen LogP contribution in [0.25, 0.3) is 6.08 Å². The number of aryl methyl sites for hydroxylation is 1. The lowest BCUT2D eigenvalue weighted by Crippen LogP contribution is -2.27. The van der Waals surface area contributed by atoms with Crippen molar-refractivity contribution < 1.29 is 19.1 Å². The highest BCUT2D eigenvalue weighted by molar-refractivity contribution is 8.18. The normalized spacial score (nSPS) is 15.4. The second kappa shape index (κ2) is 9.85. The van der Waals surface area contributed by atoms with Crippen molar-refractivity contribution in [2.24, 2.45) is 5.92 Å². The van der Waals surface area contributed by atoms with Gasteiger partial charge in [-0.25, -0.2) is 0 Å². The molecule has 3 rings (SSSR count). The van der Waals surface area contributed by atoms with E-state index in [4.69, 9.17) is 9.47 Å². The largest absolute Gasteiger partial charge is 0.490 e. The van der Waals surface area contributed by atoms with Gasteiger partial charge in [0.05, 0.1) is 24.7 Å². The van der Waals surface area contributed by atoms with Crippen LogP contribution in [0.15, 0.2) is 47.4 Å². The second-order valence-electron chi connectivity index (χ2n) is 7.60. The van der Waals surface area contributed by atoms with Gasteiger partial charge in [-0.2, -0.15) is 0 Å². The van der Waals surface area contributed by atoms with Crippen molar-refractivity contribution in [2.45, 2.75) is 34.2 Å². The summed E-state index contributed by atoms with van der Waals surface area (Å²) < 4.78 is 11.5. The third-order valence-electron chi connectivity index (χ3n) is 4.43. The van der Waals surface area contributed by atoms with E-state index in [1.165, 1.54) is 4.90 Å². The van der Waals surface area contributed by atoms with Crippen molar-refractivity contribution in [3.8, 4) is 11.5 Å². The van der Waals surface area contributed by atoms with E-state index in [0.29, 0.717) is 35.5 Å². The summed E-state index contributed by atoms with van der Waals surface area (Å²) >= 11 is 0.964. The van der Waals surface area contributed by atoms with E-state index in [0.717, 1.165) is 28.5 Å². The van der Waals surface area contributed by atoms with Gasteiger partial charge < -0.3 is 9.47 Å². The van der Waals surface area contributed by atoms with Crippen LogP contribution in [0.3, 0.4) is 0 Å². The van der Waals surface area contributed by atoms with Crippen LogP contribution in [0.1, 0.15) is 37.5 Å². The molecule has 0 N–H and O–H groups in total. The highest BCUT2D eigenvalue weighted by atomic mass is 32.2. The van der Waals surface area contributed by atoms with Crippen LogP contribution in [0.5, 0.6) is 11.5 Å². The van der Waals surface area contributed by atoms with Gasteiger partial charge >= 0.3 is 0 Å². The lowest BCUT2D eigenvalue weighted by atomic mass is 10.1. The van der Waals surface area contributed by atoms with Crippen LogP contribution < -0.4 is 9.47 Å². The highest BCUT2D eigenvalue weighted by Gasteiger charge is 2.35. The second-order valence-corrected chi connectivity index (χ2v) is 8.59. The molecule has 1 saturated heterocycles. The number of carbonyl (C=O) groups excluding carboxylic acids is 2. The van der Waals surface area contributed by atoms with E-state index in [1.807, 2.05) is 56.3 Å². The molecule has 1 fully saturated rings. The Kier molecular flexibility index (Phi) is 7.21. The summed E-state index contributed by atoms with van der Waals surface area (Å²) in [5, 5.41) is -0.255. The number of thioether (sulfide) groups is 1. The molecular weight excluding hydrogens is 398 g/mol. The first-order valence-corrected chi connectivity index (χ1v) is 10.9. The fourth-order valence-corrected chi connectivity index (χ4v) is 3.88. The Bertz CT molecular complexity index is 967. The van der Waals surface area contributed by atoms with Crippen molar-refractivity contribution in [3.63, 3.8) is 0 Å². The number of ether oxygens (including phenoxy) is 2. The Labute approximate surface area is 182 Å². The smallest absolute Gasteiger partial charge is 0.293 e. The third-order valence-corrected chi connectivity index (χ3v) is 5.34. The molecule has 0 spiro atoms. The number of nitrogens with zero attached hydrogens (tertiary/aromatic N) is 1. The quantitative estimate of drug-likeness (QED) is 0.511. The van der Waals surface area contributed by atoms with Crippen LogP contribution in [0.4, 0.5) is 4.79 Å². The number of hydrogen-bond acceptors (Lipinski definition) is 5. The molecule has 0 unspecified atom stereocenters. The van der Waals surface area contributed by atoms with Gasteiger partial charge in [-0.05, 0) is 60.9 Å². The number of carbonyl (C=O) groups is 2. The Balaban J connectivity index is 1.79. The zero-order valence-electron chi connectivity index (χ0n) is 17.8. The molecule has 0 radical (unpaired) electrons. The van der Waals surface area contributed by atoms with Crippen LogP contribution in [-0.2, 0) is 11.3 Å². The van der Waals surface area contributed by atoms with Crippen molar-refractivity contribution >= 4 is 29.0 Å². The summed E-state index contributed by atoms with van der Waals surface area (Å²) in [6.45, 7) is 9.45. The van der Waals surface area contributed by atoms with Gasteiger partial charge in [0.15, 0.2) is 11.5 Å². The third kappa shape index (κ3) is 5.45. The van der Waals surface area contributed by atoms with Crippen molar-refractivity contribution in [1.82, 2.24) is 4.90 Å². The molecule has 1 heterocycles. The van der Waals surface area contributed by atoms with Gasteiger partial charge in [-0.15, -0.1) is 0 Å². The lowest BCUT2D eigenvalue weighted by Gasteiger charge is -2.14. The topological polar surface area (TPSA) is 55.8 Å². The first kappa shape index (κ1) is 22.0. The van der Waals surface area contributed by atoms with E-state index in [-0.39, 0.29) is 17.7 Å². The summed E-state index contributed by atoms with van der Waals surface area (Å²) in [5.74, 6) is 1.44. The maximum Gasteiger partial charge on any atom is 0.293 e. The van der Waals surface area contributed by atoms with Crippen LogP contribution in [0.2, 0.25) is 0 Å². The van der Waals surface area contributed by atoms with Crippen LogP contribution >= 0.6 is 11.8 Å². The average molecular weight is 426 g/mol. The standard InChI is InChI=1S/C24H27NO4S/c1-5-28-21-12-18(9-10-20(21)29-15-16(2)3)13-22-23(26)25(24(27)30-22)14-19-8-6-7-17(4)11-19/h6-13,16H,5,14-15H2,1-4H3/b22-13-. The van der Waals surface area contributed by atoms with E-state index in [2.05, 4.69) is 13.8 Å².